The van der Waals surface area contributed by atoms with E-state index in [-0.39, 0.29) is 11.9 Å². The minimum absolute atomic E-state index is 0.207. The van der Waals surface area contributed by atoms with Crippen molar-refractivity contribution in [3.05, 3.63) is 35.6 Å². The van der Waals surface area contributed by atoms with Crippen LogP contribution in [-0.4, -0.2) is 24.0 Å². The lowest BCUT2D eigenvalue weighted by molar-refractivity contribution is 0.145. The van der Waals surface area contributed by atoms with E-state index in [9.17, 15) is 4.39 Å². The van der Waals surface area contributed by atoms with Crippen molar-refractivity contribution in [2.75, 3.05) is 13.1 Å². The molecule has 19 heavy (non-hydrogen) atoms. The lowest BCUT2D eigenvalue weighted by atomic mass is 9.85. The molecule has 106 valence electrons. The highest BCUT2D eigenvalue weighted by atomic mass is 19.1. The largest absolute Gasteiger partial charge is 0.320 e. The maximum Gasteiger partial charge on any atom is 0.123 e. The van der Waals surface area contributed by atoms with E-state index in [2.05, 4.69) is 18.7 Å². The maximum atomic E-state index is 13.0. The number of nitrogens with zero attached hydrogens (tertiary/aromatic N) is 1. The van der Waals surface area contributed by atoms with Gasteiger partial charge in [-0.1, -0.05) is 25.0 Å². The summed E-state index contributed by atoms with van der Waals surface area (Å²) < 4.78 is 13.0. The Morgan fingerprint density at radius 2 is 1.63 bits per heavy atom. The van der Waals surface area contributed by atoms with Crippen LogP contribution in [0.2, 0.25) is 0 Å². The second-order valence-corrected chi connectivity index (χ2v) is 5.92. The molecule has 1 aromatic carbocycles. The Kier molecular flexibility index (Phi) is 4.58. The second-order valence-electron chi connectivity index (χ2n) is 5.92. The van der Waals surface area contributed by atoms with Gasteiger partial charge in [-0.3, -0.25) is 4.90 Å². The van der Waals surface area contributed by atoms with Crippen LogP contribution < -0.4 is 5.73 Å². The van der Waals surface area contributed by atoms with Crippen molar-refractivity contribution in [1.29, 1.82) is 0 Å². The van der Waals surface area contributed by atoms with Crippen molar-refractivity contribution in [2.24, 2.45) is 5.73 Å². The molecule has 0 bridgehead atoms. The molecule has 1 aliphatic rings. The highest BCUT2D eigenvalue weighted by Crippen LogP contribution is 2.27. The van der Waals surface area contributed by atoms with Crippen LogP contribution in [0.1, 0.15) is 45.1 Å². The monoisotopic (exact) mass is 264 g/mol. The van der Waals surface area contributed by atoms with Crippen LogP contribution in [0.25, 0.3) is 0 Å². The summed E-state index contributed by atoms with van der Waals surface area (Å²) in [4.78, 5) is 2.48. The Morgan fingerprint density at radius 3 is 2.16 bits per heavy atom. The smallest absolute Gasteiger partial charge is 0.123 e. The van der Waals surface area contributed by atoms with Crippen LogP contribution in [0.3, 0.4) is 0 Å². The first kappa shape index (κ1) is 14.5. The standard InChI is InChI=1S/C16H25FN2/c1-13(19-11-5-3-4-6-12-19)16(2,18)14-7-9-15(17)10-8-14/h7-10,13H,3-6,11-12,18H2,1-2H3. The zero-order valence-corrected chi connectivity index (χ0v) is 12.0. The molecule has 1 aromatic rings. The highest BCUT2D eigenvalue weighted by Gasteiger charge is 2.32. The van der Waals surface area contributed by atoms with Crippen LogP contribution in [0.15, 0.2) is 24.3 Å². The van der Waals surface area contributed by atoms with E-state index in [1.54, 1.807) is 0 Å². The molecule has 0 aromatic heterocycles. The SMILES string of the molecule is CC(N1CCCCCC1)C(C)(N)c1ccc(F)cc1. The Labute approximate surface area is 115 Å². The zero-order chi connectivity index (χ0) is 13.9. The third-order valence-corrected chi connectivity index (χ3v) is 4.52. The van der Waals surface area contributed by atoms with Crippen LogP contribution in [-0.2, 0) is 5.54 Å². The van der Waals surface area contributed by atoms with E-state index in [4.69, 9.17) is 5.73 Å². The Balaban J connectivity index is 2.14. The Morgan fingerprint density at radius 1 is 1.11 bits per heavy atom. The predicted octanol–water partition coefficient (Wildman–Crippen LogP) is 3.26. The van der Waals surface area contributed by atoms with E-state index >= 15 is 0 Å². The molecule has 0 amide bonds. The van der Waals surface area contributed by atoms with Gasteiger partial charge < -0.3 is 5.73 Å². The molecule has 1 fully saturated rings. The van der Waals surface area contributed by atoms with Crippen LogP contribution in [0, 0.1) is 5.82 Å². The number of benzene rings is 1. The highest BCUT2D eigenvalue weighted by molar-refractivity contribution is 5.25. The third-order valence-electron chi connectivity index (χ3n) is 4.52. The van der Waals surface area contributed by atoms with Gasteiger partial charge in [-0.05, 0) is 57.5 Å². The fraction of sp³-hybridized carbons (Fsp3) is 0.625. The maximum absolute atomic E-state index is 13.0. The number of nitrogens with two attached hydrogens (primary N) is 1. The fourth-order valence-electron chi connectivity index (χ4n) is 2.91. The van der Waals surface area contributed by atoms with E-state index in [1.807, 2.05) is 12.1 Å². The topological polar surface area (TPSA) is 29.3 Å². The molecule has 2 atom stereocenters. The van der Waals surface area contributed by atoms with Crippen LogP contribution in [0.5, 0.6) is 0 Å². The normalized spacial score (nSPS) is 22.5. The van der Waals surface area contributed by atoms with Gasteiger partial charge in [0.2, 0.25) is 0 Å². The molecule has 0 spiro atoms. The molecule has 2 unspecified atom stereocenters. The van der Waals surface area contributed by atoms with Crippen LogP contribution in [0.4, 0.5) is 4.39 Å². The number of hydrogen-bond donors (Lipinski definition) is 1. The fourth-order valence-corrected chi connectivity index (χ4v) is 2.91. The minimum Gasteiger partial charge on any atom is -0.320 e. The van der Waals surface area contributed by atoms with E-state index < -0.39 is 5.54 Å². The van der Waals surface area contributed by atoms with Crippen molar-refractivity contribution in [3.63, 3.8) is 0 Å². The van der Waals surface area contributed by atoms with Crippen molar-refractivity contribution < 1.29 is 4.39 Å². The molecular formula is C16H25FN2. The summed E-state index contributed by atoms with van der Waals surface area (Å²) in [5.41, 5.74) is 7.11. The van der Waals surface area contributed by atoms with Crippen molar-refractivity contribution in [3.8, 4) is 0 Å². The molecule has 2 nitrogen and oxygen atoms in total. The summed E-state index contributed by atoms with van der Waals surface area (Å²) in [6.45, 7) is 6.48. The number of halogens is 1. The lowest BCUT2D eigenvalue weighted by Gasteiger charge is -2.40. The molecule has 0 saturated carbocycles. The number of hydrogen-bond acceptors (Lipinski definition) is 2. The van der Waals surface area contributed by atoms with Gasteiger partial charge in [0.1, 0.15) is 5.82 Å². The first-order chi connectivity index (χ1) is 9.01. The van der Waals surface area contributed by atoms with Gasteiger partial charge in [0.05, 0.1) is 5.54 Å². The zero-order valence-electron chi connectivity index (χ0n) is 12.0. The lowest BCUT2D eigenvalue weighted by Crippen LogP contribution is -2.53. The molecule has 3 heteroatoms. The predicted molar refractivity (Wildman–Crippen MR) is 77.4 cm³/mol. The van der Waals surface area contributed by atoms with Gasteiger partial charge in [-0.15, -0.1) is 0 Å². The summed E-state index contributed by atoms with van der Waals surface area (Å²) in [6, 6.07) is 6.87. The van der Waals surface area contributed by atoms with Gasteiger partial charge in [0, 0.05) is 6.04 Å². The average molecular weight is 264 g/mol. The molecule has 0 aliphatic carbocycles. The van der Waals surface area contributed by atoms with Crippen LogP contribution >= 0.6 is 0 Å². The molecule has 2 N–H and O–H groups in total. The first-order valence-electron chi connectivity index (χ1n) is 7.31. The molecule has 0 radical (unpaired) electrons. The van der Waals surface area contributed by atoms with E-state index in [0.717, 1.165) is 18.7 Å². The minimum atomic E-state index is -0.446. The molecular weight excluding hydrogens is 239 g/mol. The van der Waals surface area contributed by atoms with Gasteiger partial charge in [0.15, 0.2) is 0 Å². The van der Waals surface area contributed by atoms with Gasteiger partial charge in [-0.2, -0.15) is 0 Å². The summed E-state index contributed by atoms with van der Waals surface area (Å²) >= 11 is 0. The Hall–Kier alpha value is -0.930. The van der Waals surface area contributed by atoms with E-state index in [1.165, 1.54) is 37.8 Å². The summed E-state index contributed by atoms with van der Waals surface area (Å²) in [5.74, 6) is -0.207. The quantitative estimate of drug-likeness (QED) is 0.908. The molecule has 1 heterocycles. The van der Waals surface area contributed by atoms with Gasteiger partial charge in [-0.25, -0.2) is 4.39 Å². The van der Waals surface area contributed by atoms with Crippen molar-refractivity contribution in [2.45, 2.75) is 51.1 Å². The van der Waals surface area contributed by atoms with Gasteiger partial charge in [0.25, 0.3) is 0 Å². The number of likely N-dealkylation sites (tertiary alicyclic amines) is 1. The summed E-state index contributed by atoms with van der Waals surface area (Å²) in [7, 11) is 0. The first-order valence-corrected chi connectivity index (χ1v) is 7.31. The summed E-state index contributed by atoms with van der Waals surface area (Å²) in [6.07, 6.45) is 5.15. The van der Waals surface area contributed by atoms with Crippen molar-refractivity contribution in [1.82, 2.24) is 4.90 Å². The number of rotatable bonds is 3. The van der Waals surface area contributed by atoms with Gasteiger partial charge >= 0.3 is 0 Å². The van der Waals surface area contributed by atoms with Crippen molar-refractivity contribution >= 4 is 0 Å². The molecule has 1 saturated heterocycles. The Bertz CT molecular complexity index is 392. The third kappa shape index (κ3) is 3.34. The molecule has 2 rings (SSSR count). The summed E-state index contributed by atoms with van der Waals surface area (Å²) in [5, 5.41) is 0. The molecule has 1 aliphatic heterocycles. The average Bonchev–Trinajstić information content (AvgIpc) is 2.67. The second kappa shape index (κ2) is 6.02. The van der Waals surface area contributed by atoms with E-state index in [0.29, 0.717) is 0 Å².